The van der Waals surface area contributed by atoms with Gasteiger partial charge in [-0.05, 0) is 111 Å². The number of imidazole rings is 1. The Morgan fingerprint density at radius 2 is 1.62 bits per heavy atom. The zero-order valence-electron chi connectivity index (χ0n) is 38.6. The highest BCUT2D eigenvalue weighted by Crippen LogP contribution is 2.51. The summed E-state index contributed by atoms with van der Waals surface area (Å²) in [6, 6.07) is 26.9. The Kier molecular flexibility index (Phi) is 12.3. The number of carbonyl (C=O) groups excluding carboxylic acids is 4. The second-order valence-electron chi connectivity index (χ2n) is 20.2. The first kappa shape index (κ1) is 44.1. The van der Waals surface area contributed by atoms with Crippen LogP contribution in [0.3, 0.4) is 0 Å². The number of nitrogens with zero attached hydrogens (tertiary/aromatic N) is 8. The summed E-state index contributed by atoms with van der Waals surface area (Å²) < 4.78 is 7.97. The van der Waals surface area contributed by atoms with Crippen molar-refractivity contribution < 1.29 is 23.9 Å². The minimum absolute atomic E-state index is 0.00781. The largest absolute Gasteiger partial charge is 0.484 e. The molecule has 16 nitrogen and oxygen atoms in total. The number of anilines is 3. The van der Waals surface area contributed by atoms with E-state index >= 15 is 0 Å². The van der Waals surface area contributed by atoms with Crippen LogP contribution in [0.15, 0.2) is 91.5 Å². The molecule has 0 bridgehead atoms. The van der Waals surface area contributed by atoms with Gasteiger partial charge in [0.2, 0.25) is 17.7 Å². The first-order chi connectivity index (χ1) is 33.2. The van der Waals surface area contributed by atoms with Gasteiger partial charge in [0.1, 0.15) is 12.1 Å². The molecule has 354 valence electrons. The van der Waals surface area contributed by atoms with E-state index in [1.54, 1.807) is 12.4 Å². The van der Waals surface area contributed by atoms with Gasteiger partial charge in [-0.3, -0.25) is 29.4 Å². The number of hydrogen-bond acceptors (Lipinski definition) is 12. The van der Waals surface area contributed by atoms with E-state index in [0.29, 0.717) is 48.2 Å². The summed E-state index contributed by atoms with van der Waals surface area (Å²) in [7, 11) is 0. The molecule has 2 aromatic heterocycles. The van der Waals surface area contributed by atoms with Gasteiger partial charge >= 0.3 is 0 Å². The van der Waals surface area contributed by atoms with Gasteiger partial charge in [0.15, 0.2) is 23.6 Å². The fraction of sp³-hybridized carbons (Fsp3) is 0.481. The lowest BCUT2D eigenvalue weighted by atomic mass is 9.60. The molecule has 16 heteroatoms. The van der Waals surface area contributed by atoms with E-state index in [9.17, 15) is 19.2 Å². The number of likely N-dealkylation sites (tertiary alicyclic amines) is 2. The number of carbonyl (C=O) groups is 4. The van der Waals surface area contributed by atoms with Gasteiger partial charge in [-0.2, -0.15) is 0 Å². The fourth-order valence-corrected chi connectivity index (χ4v) is 11.6. The highest BCUT2D eigenvalue weighted by atomic mass is 16.5. The van der Waals surface area contributed by atoms with Gasteiger partial charge < -0.3 is 34.6 Å². The van der Waals surface area contributed by atoms with Crippen molar-refractivity contribution in [2.45, 2.75) is 81.8 Å². The molecule has 5 aromatic rings. The molecular formula is C52H61N11O5. The molecule has 0 radical (unpaired) electrons. The highest BCUT2D eigenvalue weighted by molar-refractivity contribution is 6.01. The van der Waals surface area contributed by atoms with Crippen molar-refractivity contribution >= 4 is 52.0 Å². The van der Waals surface area contributed by atoms with Crippen LogP contribution in [0.1, 0.15) is 74.5 Å². The number of piperazine rings is 1. The zero-order valence-corrected chi connectivity index (χ0v) is 38.6. The third kappa shape index (κ3) is 9.53. The van der Waals surface area contributed by atoms with Crippen molar-refractivity contribution in [2.24, 2.45) is 11.3 Å². The highest BCUT2D eigenvalue weighted by Gasteiger charge is 2.48. The van der Waals surface area contributed by atoms with Crippen LogP contribution in [-0.2, 0) is 25.6 Å². The Balaban J connectivity index is 0.574. The molecule has 11 rings (SSSR count). The van der Waals surface area contributed by atoms with Crippen LogP contribution >= 0.6 is 0 Å². The van der Waals surface area contributed by atoms with Crippen molar-refractivity contribution in [1.82, 2.24) is 44.9 Å². The lowest BCUT2D eigenvalue weighted by Crippen LogP contribution is -2.60. The summed E-state index contributed by atoms with van der Waals surface area (Å²) in [5.41, 5.74) is 6.04. The molecule has 4 aliphatic heterocycles. The smallest absolute Gasteiger partial charge is 0.260 e. The zero-order chi connectivity index (χ0) is 46.2. The number of ether oxygens (including phenoxy) is 1. The van der Waals surface area contributed by atoms with Crippen LogP contribution in [0.25, 0.3) is 11.2 Å². The van der Waals surface area contributed by atoms with Gasteiger partial charge in [-0.1, -0.05) is 42.5 Å². The Hall–Kier alpha value is -6.39. The Labute approximate surface area is 396 Å². The predicted octanol–water partition coefficient (Wildman–Crippen LogP) is 5.06. The Morgan fingerprint density at radius 1 is 0.838 bits per heavy atom. The monoisotopic (exact) mass is 919 g/mol. The van der Waals surface area contributed by atoms with E-state index in [0.717, 1.165) is 99.7 Å². The number of nitrogens with one attached hydrogen (secondary N) is 3. The van der Waals surface area contributed by atoms with E-state index in [1.807, 2.05) is 59.8 Å². The number of piperidine rings is 2. The topological polar surface area (TPSA) is 170 Å². The van der Waals surface area contributed by atoms with Gasteiger partial charge in [-0.15, -0.1) is 0 Å². The SMILES string of the molecule is O=C1CCC(c2cccc(OCC(=O)N3CC(CN4CCC5(CC4)CC(N4CCN(c6ccc(Nc7ncnc8c7ncn8C7CC(NC(=O)Cc8ccccc8)C7)cc6)CC4)C5)C3)c2)C(=O)N1. The molecule has 68 heavy (non-hydrogen) atoms. The maximum absolute atomic E-state index is 12.9. The summed E-state index contributed by atoms with van der Waals surface area (Å²) in [6.45, 7) is 9.10. The minimum atomic E-state index is -0.381. The van der Waals surface area contributed by atoms with E-state index in [-0.39, 0.29) is 48.2 Å². The van der Waals surface area contributed by atoms with Crippen LogP contribution in [0.4, 0.5) is 17.2 Å². The van der Waals surface area contributed by atoms with Gasteiger partial charge in [0, 0.05) is 87.7 Å². The quantitative estimate of drug-likeness (QED) is 0.127. The fourth-order valence-electron chi connectivity index (χ4n) is 11.6. The number of aromatic nitrogens is 4. The first-order valence-corrected chi connectivity index (χ1v) is 24.6. The average molecular weight is 920 g/mol. The molecule has 2 saturated carbocycles. The molecule has 4 saturated heterocycles. The van der Waals surface area contributed by atoms with Crippen LogP contribution in [-0.4, -0.2) is 135 Å². The van der Waals surface area contributed by atoms with Crippen molar-refractivity contribution in [2.75, 3.05) is 75.7 Å². The van der Waals surface area contributed by atoms with E-state index in [1.165, 1.54) is 31.4 Å². The number of fused-ring (bicyclic) bond motifs is 1. The van der Waals surface area contributed by atoms with Crippen molar-refractivity contribution in [3.05, 3.63) is 103 Å². The lowest BCUT2D eigenvalue weighted by Gasteiger charge is -2.57. The predicted molar refractivity (Wildman–Crippen MR) is 257 cm³/mol. The Bertz CT molecular complexity index is 2620. The molecule has 6 heterocycles. The lowest BCUT2D eigenvalue weighted by molar-refractivity contribution is -0.140. The number of benzene rings is 3. The molecule has 3 aromatic carbocycles. The number of imide groups is 1. The minimum Gasteiger partial charge on any atom is -0.484 e. The van der Waals surface area contributed by atoms with Crippen LogP contribution in [0, 0.1) is 11.3 Å². The molecule has 1 spiro atoms. The maximum atomic E-state index is 12.9. The van der Waals surface area contributed by atoms with E-state index < -0.39 is 0 Å². The van der Waals surface area contributed by atoms with Crippen molar-refractivity contribution in [3.63, 3.8) is 0 Å². The van der Waals surface area contributed by atoms with Crippen LogP contribution < -0.4 is 25.6 Å². The third-order valence-electron chi connectivity index (χ3n) is 15.7. The van der Waals surface area contributed by atoms with Crippen molar-refractivity contribution in [3.8, 4) is 5.75 Å². The molecule has 6 fully saturated rings. The molecule has 4 amide bonds. The molecule has 2 aliphatic carbocycles. The van der Waals surface area contributed by atoms with Crippen LogP contribution in [0.2, 0.25) is 0 Å². The number of amides is 4. The Morgan fingerprint density at radius 3 is 2.38 bits per heavy atom. The molecule has 1 unspecified atom stereocenters. The summed E-state index contributed by atoms with van der Waals surface area (Å²) in [5, 5.41) is 9.08. The summed E-state index contributed by atoms with van der Waals surface area (Å²) in [4.78, 5) is 73.0. The second-order valence-corrected chi connectivity index (χ2v) is 20.2. The van der Waals surface area contributed by atoms with Crippen LogP contribution in [0.5, 0.6) is 5.75 Å². The van der Waals surface area contributed by atoms with E-state index in [2.05, 4.69) is 69.5 Å². The summed E-state index contributed by atoms with van der Waals surface area (Å²) >= 11 is 0. The van der Waals surface area contributed by atoms with Crippen molar-refractivity contribution in [1.29, 1.82) is 0 Å². The second kappa shape index (κ2) is 18.9. The maximum Gasteiger partial charge on any atom is 0.260 e. The summed E-state index contributed by atoms with van der Waals surface area (Å²) in [6.07, 6.45) is 11.5. The average Bonchev–Trinajstić information content (AvgIpc) is 3.75. The number of rotatable bonds is 14. The molecule has 1 atom stereocenters. The van der Waals surface area contributed by atoms with Gasteiger partial charge in [0.05, 0.1) is 18.7 Å². The molecular weight excluding hydrogens is 859 g/mol. The molecule has 3 N–H and O–H groups in total. The van der Waals surface area contributed by atoms with Gasteiger partial charge in [-0.25, -0.2) is 15.0 Å². The van der Waals surface area contributed by atoms with E-state index in [4.69, 9.17) is 9.72 Å². The normalized spacial score (nSPS) is 23.4. The van der Waals surface area contributed by atoms with Gasteiger partial charge in [0.25, 0.3) is 5.91 Å². The third-order valence-corrected chi connectivity index (χ3v) is 15.7. The first-order valence-electron chi connectivity index (χ1n) is 24.6. The molecule has 6 aliphatic rings. The standard InChI is InChI=1S/C52H61N11O5/c64-45-14-13-44(51(67)58-45)37-7-4-8-43(24-37)68-32-47(66)62-30-36(31-62)29-59-17-15-52(16-18-59)27-42(28-52)61-21-19-60(20-22-61)40-11-9-38(10-12-40)57-49-48-50(54-33-53-49)63(34-55-48)41-25-39(26-41)56-46(65)23-35-5-2-1-3-6-35/h1-12,24,33-34,36,39,41-42,44H,13-23,25-32H2,(H,56,65)(H,53,54,57)(H,58,64,67). The number of hydrogen-bond donors (Lipinski definition) is 3. The summed E-state index contributed by atoms with van der Waals surface area (Å²) in [5.74, 6) is 0.903.